The van der Waals surface area contributed by atoms with Crippen molar-refractivity contribution in [3.63, 3.8) is 0 Å². The van der Waals surface area contributed by atoms with Gasteiger partial charge in [-0.3, -0.25) is 0 Å². The zero-order chi connectivity index (χ0) is 9.68. The zero-order valence-corrected chi connectivity index (χ0v) is 9.78. The van der Waals surface area contributed by atoms with Crippen LogP contribution in [-0.2, 0) is 6.42 Å². The maximum absolute atomic E-state index is 9.51. The van der Waals surface area contributed by atoms with Crippen molar-refractivity contribution >= 4 is 22.6 Å². The van der Waals surface area contributed by atoms with E-state index >= 15 is 0 Å². The van der Waals surface area contributed by atoms with E-state index in [1.54, 1.807) is 0 Å². The topological polar surface area (TPSA) is 32.3 Å². The predicted molar refractivity (Wildman–Crippen MR) is 62.8 cm³/mol. The first-order valence-corrected chi connectivity index (χ1v) is 5.37. The molecule has 0 radical (unpaired) electrons. The molecule has 0 aromatic heterocycles. The molecule has 0 amide bonds. The van der Waals surface area contributed by atoms with Crippen LogP contribution in [0.2, 0.25) is 0 Å². The van der Waals surface area contributed by atoms with Crippen molar-refractivity contribution < 1.29 is 5.11 Å². The van der Waals surface area contributed by atoms with E-state index in [1.165, 1.54) is 9.13 Å². The van der Waals surface area contributed by atoms with Crippen LogP contribution >= 0.6 is 22.6 Å². The number of aliphatic hydroxyl groups is 1. The van der Waals surface area contributed by atoms with E-state index in [1.807, 2.05) is 7.05 Å². The SMILES string of the molecule is CNCC(O)Cc1ccc(I)cc1. The van der Waals surface area contributed by atoms with Crippen molar-refractivity contribution in [3.05, 3.63) is 33.4 Å². The lowest BCUT2D eigenvalue weighted by atomic mass is 10.1. The largest absolute Gasteiger partial charge is 0.391 e. The van der Waals surface area contributed by atoms with Gasteiger partial charge in [0, 0.05) is 10.1 Å². The van der Waals surface area contributed by atoms with Crippen molar-refractivity contribution in [3.8, 4) is 0 Å². The molecule has 0 heterocycles. The van der Waals surface area contributed by atoms with Gasteiger partial charge in [0.2, 0.25) is 0 Å². The van der Waals surface area contributed by atoms with E-state index in [0.717, 1.165) is 6.42 Å². The number of rotatable bonds is 4. The molecule has 2 N–H and O–H groups in total. The fourth-order valence-corrected chi connectivity index (χ4v) is 1.56. The highest BCUT2D eigenvalue weighted by molar-refractivity contribution is 14.1. The monoisotopic (exact) mass is 291 g/mol. The predicted octanol–water partition coefficient (Wildman–Crippen LogP) is 1.41. The smallest absolute Gasteiger partial charge is 0.0704 e. The van der Waals surface area contributed by atoms with Gasteiger partial charge in [0.1, 0.15) is 0 Å². The highest BCUT2D eigenvalue weighted by Gasteiger charge is 2.03. The Morgan fingerprint density at radius 3 is 2.54 bits per heavy atom. The summed E-state index contributed by atoms with van der Waals surface area (Å²) < 4.78 is 1.23. The first kappa shape index (κ1) is 10.9. The van der Waals surface area contributed by atoms with Crippen molar-refractivity contribution in [2.75, 3.05) is 13.6 Å². The highest BCUT2D eigenvalue weighted by atomic mass is 127. The molecule has 1 aromatic rings. The van der Waals surface area contributed by atoms with E-state index in [0.29, 0.717) is 6.54 Å². The van der Waals surface area contributed by atoms with Gasteiger partial charge in [-0.2, -0.15) is 0 Å². The van der Waals surface area contributed by atoms with Crippen LogP contribution in [0.1, 0.15) is 5.56 Å². The van der Waals surface area contributed by atoms with E-state index in [9.17, 15) is 5.11 Å². The molecule has 0 spiro atoms. The second kappa shape index (κ2) is 5.57. The summed E-state index contributed by atoms with van der Waals surface area (Å²) in [5, 5.41) is 12.5. The van der Waals surface area contributed by atoms with Gasteiger partial charge in [0.05, 0.1) is 6.10 Å². The highest BCUT2D eigenvalue weighted by Crippen LogP contribution is 2.08. The number of hydrogen-bond acceptors (Lipinski definition) is 2. The maximum atomic E-state index is 9.51. The molecule has 0 bridgehead atoms. The van der Waals surface area contributed by atoms with E-state index < -0.39 is 0 Å². The summed E-state index contributed by atoms with van der Waals surface area (Å²) in [5.41, 5.74) is 1.18. The van der Waals surface area contributed by atoms with Crippen LogP contribution in [0.15, 0.2) is 24.3 Å². The summed E-state index contributed by atoms with van der Waals surface area (Å²) in [5.74, 6) is 0. The van der Waals surface area contributed by atoms with Crippen molar-refractivity contribution in [1.29, 1.82) is 0 Å². The molecule has 1 atom stereocenters. The molecule has 0 fully saturated rings. The lowest BCUT2D eigenvalue weighted by Crippen LogP contribution is -2.25. The third-order valence-corrected chi connectivity index (χ3v) is 2.54. The minimum absolute atomic E-state index is 0.287. The van der Waals surface area contributed by atoms with Crippen molar-refractivity contribution in [1.82, 2.24) is 5.32 Å². The number of halogens is 1. The van der Waals surface area contributed by atoms with E-state index in [-0.39, 0.29) is 6.10 Å². The van der Waals surface area contributed by atoms with Crippen LogP contribution in [0.5, 0.6) is 0 Å². The van der Waals surface area contributed by atoms with Crippen LogP contribution in [-0.4, -0.2) is 24.8 Å². The Kier molecular flexibility index (Phi) is 4.69. The second-order valence-corrected chi connectivity index (χ2v) is 4.29. The third kappa shape index (κ3) is 4.06. The Balaban J connectivity index is 2.49. The Labute approximate surface area is 92.5 Å². The average molecular weight is 291 g/mol. The lowest BCUT2D eigenvalue weighted by Gasteiger charge is -2.09. The maximum Gasteiger partial charge on any atom is 0.0704 e. The van der Waals surface area contributed by atoms with E-state index in [2.05, 4.69) is 52.2 Å². The van der Waals surface area contributed by atoms with Crippen molar-refractivity contribution in [2.24, 2.45) is 0 Å². The second-order valence-electron chi connectivity index (χ2n) is 3.04. The van der Waals surface area contributed by atoms with Gasteiger partial charge in [0.15, 0.2) is 0 Å². The average Bonchev–Trinajstić information content (AvgIpc) is 2.09. The Bertz CT molecular complexity index is 248. The fourth-order valence-electron chi connectivity index (χ4n) is 1.20. The molecule has 0 saturated carbocycles. The molecule has 3 heteroatoms. The fraction of sp³-hybridized carbons (Fsp3) is 0.400. The number of likely N-dealkylation sites (N-methyl/N-ethyl adjacent to an activating group) is 1. The molecule has 1 unspecified atom stereocenters. The van der Waals surface area contributed by atoms with Gasteiger partial charge in [-0.05, 0) is 53.8 Å². The van der Waals surface area contributed by atoms with Crippen molar-refractivity contribution in [2.45, 2.75) is 12.5 Å². The molecular weight excluding hydrogens is 277 g/mol. The molecular formula is C10H14INO. The molecule has 72 valence electrons. The summed E-state index contributed by atoms with van der Waals surface area (Å²) >= 11 is 2.27. The molecule has 1 aromatic carbocycles. The lowest BCUT2D eigenvalue weighted by molar-refractivity contribution is 0.175. The number of nitrogens with one attached hydrogen (secondary N) is 1. The molecule has 1 rings (SSSR count). The van der Waals surface area contributed by atoms with Gasteiger partial charge in [-0.15, -0.1) is 0 Å². The first-order valence-electron chi connectivity index (χ1n) is 4.29. The molecule has 13 heavy (non-hydrogen) atoms. The van der Waals surface area contributed by atoms with Gasteiger partial charge in [-0.1, -0.05) is 12.1 Å². The van der Waals surface area contributed by atoms with Gasteiger partial charge in [-0.25, -0.2) is 0 Å². The third-order valence-electron chi connectivity index (χ3n) is 1.82. The van der Waals surface area contributed by atoms with Crippen LogP contribution in [0, 0.1) is 3.57 Å². The normalized spacial score (nSPS) is 12.8. The molecule has 0 aliphatic rings. The molecule has 0 aliphatic heterocycles. The van der Waals surface area contributed by atoms with Gasteiger partial charge < -0.3 is 10.4 Å². The van der Waals surface area contributed by atoms with Crippen LogP contribution < -0.4 is 5.32 Å². The van der Waals surface area contributed by atoms with Crippen LogP contribution in [0.3, 0.4) is 0 Å². The zero-order valence-electron chi connectivity index (χ0n) is 7.63. The summed E-state index contributed by atoms with van der Waals surface area (Å²) in [4.78, 5) is 0. The number of aliphatic hydroxyl groups excluding tert-OH is 1. The molecule has 0 aliphatic carbocycles. The first-order chi connectivity index (χ1) is 6.22. The standard InChI is InChI=1S/C10H14INO/c1-12-7-10(13)6-8-2-4-9(11)5-3-8/h2-5,10,12-13H,6-7H2,1H3. The molecule has 0 saturated heterocycles. The quantitative estimate of drug-likeness (QED) is 0.822. The number of hydrogen-bond donors (Lipinski definition) is 2. The molecule has 2 nitrogen and oxygen atoms in total. The Morgan fingerprint density at radius 2 is 2.00 bits per heavy atom. The summed E-state index contributed by atoms with van der Waals surface area (Å²) in [7, 11) is 1.84. The minimum Gasteiger partial charge on any atom is -0.391 e. The number of benzene rings is 1. The van der Waals surface area contributed by atoms with Gasteiger partial charge in [0.25, 0.3) is 0 Å². The summed E-state index contributed by atoms with van der Waals surface area (Å²) in [6.07, 6.45) is 0.433. The summed E-state index contributed by atoms with van der Waals surface area (Å²) in [6, 6.07) is 8.23. The summed E-state index contributed by atoms with van der Waals surface area (Å²) in [6.45, 7) is 0.645. The van der Waals surface area contributed by atoms with E-state index in [4.69, 9.17) is 0 Å². The van der Waals surface area contributed by atoms with Crippen LogP contribution in [0.4, 0.5) is 0 Å². The van der Waals surface area contributed by atoms with Gasteiger partial charge >= 0.3 is 0 Å². The minimum atomic E-state index is -0.287. The Hall–Kier alpha value is -0.130. The van der Waals surface area contributed by atoms with Crippen LogP contribution in [0.25, 0.3) is 0 Å². The Morgan fingerprint density at radius 1 is 1.38 bits per heavy atom.